The van der Waals surface area contributed by atoms with Gasteiger partial charge in [0.1, 0.15) is 0 Å². The predicted molar refractivity (Wildman–Crippen MR) is 48.3 cm³/mol. The molecule has 0 bridgehead atoms. The van der Waals surface area contributed by atoms with Crippen molar-refractivity contribution in [1.82, 2.24) is 5.32 Å². The largest absolute Gasteiger partial charge is 0.309 e. The molecule has 1 heterocycles. The summed E-state index contributed by atoms with van der Waals surface area (Å²) in [4.78, 5) is 0. The van der Waals surface area contributed by atoms with Crippen LogP contribution in [0.25, 0.3) is 0 Å². The zero-order chi connectivity index (χ0) is 7.40. The third-order valence-electron chi connectivity index (χ3n) is 1.63. The van der Waals surface area contributed by atoms with Gasteiger partial charge in [-0.25, -0.2) is 0 Å². The van der Waals surface area contributed by atoms with Crippen LogP contribution >= 0.6 is 15.9 Å². The van der Waals surface area contributed by atoms with E-state index in [0.717, 1.165) is 19.5 Å². The monoisotopic (exact) mass is 201 g/mol. The van der Waals surface area contributed by atoms with E-state index in [9.17, 15) is 0 Å². The lowest BCUT2D eigenvalue weighted by atomic mass is 10.2. The van der Waals surface area contributed by atoms with Gasteiger partial charge in [0.05, 0.1) is 0 Å². The molecule has 1 nitrogen and oxygen atoms in total. The molecule has 1 aliphatic rings. The first-order valence-electron chi connectivity index (χ1n) is 3.59. The summed E-state index contributed by atoms with van der Waals surface area (Å²) in [5, 5.41) is 3.30. The molecular formula is C8H12BrN. The lowest BCUT2D eigenvalue weighted by Gasteiger charge is -2.02. The third-order valence-corrected chi connectivity index (χ3v) is 2.45. The van der Waals surface area contributed by atoms with Crippen molar-refractivity contribution in [3.63, 3.8) is 0 Å². The highest BCUT2D eigenvalue weighted by Gasteiger charge is 2.00. The number of halogens is 1. The topological polar surface area (TPSA) is 12.0 Å². The van der Waals surface area contributed by atoms with Crippen LogP contribution in [-0.4, -0.2) is 13.1 Å². The fourth-order valence-electron chi connectivity index (χ4n) is 0.965. The maximum absolute atomic E-state index is 3.52. The summed E-state index contributed by atoms with van der Waals surface area (Å²) in [5.41, 5.74) is 1.45. The minimum atomic E-state index is 0.985. The van der Waals surface area contributed by atoms with E-state index in [1.54, 1.807) is 0 Å². The molecule has 0 aromatic rings. The minimum absolute atomic E-state index is 0.985. The van der Waals surface area contributed by atoms with E-state index < -0.39 is 0 Å². The lowest BCUT2D eigenvalue weighted by Crippen LogP contribution is -2.15. The van der Waals surface area contributed by atoms with E-state index in [2.05, 4.69) is 40.3 Å². The number of rotatable bonds is 1. The van der Waals surface area contributed by atoms with Crippen molar-refractivity contribution in [3.05, 3.63) is 22.2 Å². The molecule has 0 radical (unpaired) electrons. The average Bonchev–Trinajstić information content (AvgIpc) is 2.13. The van der Waals surface area contributed by atoms with Crippen LogP contribution in [0.2, 0.25) is 0 Å². The smallest absolute Gasteiger partial charge is 0.0181 e. The van der Waals surface area contributed by atoms with Gasteiger partial charge in [-0.15, -0.1) is 0 Å². The fraction of sp³-hybridized carbons (Fsp3) is 0.500. The molecule has 0 aliphatic carbocycles. The van der Waals surface area contributed by atoms with Crippen LogP contribution in [0.3, 0.4) is 0 Å². The lowest BCUT2D eigenvalue weighted by molar-refractivity contribution is 0.798. The minimum Gasteiger partial charge on any atom is -0.309 e. The SMILES string of the molecule is CCC1=C(Br)C=CCNC1. The van der Waals surface area contributed by atoms with Crippen LogP contribution in [0.1, 0.15) is 13.3 Å². The van der Waals surface area contributed by atoms with Gasteiger partial charge in [-0.2, -0.15) is 0 Å². The summed E-state index contributed by atoms with van der Waals surface area (Å²) < 4.78 is 1.25. The molecule has 0 amide bonds. The summed E-state index contributed by atoms with van der Waals surface area (Å²) >= 11 is 3.52. The normalized spacial score (nSPS) is 19.4. The highest BCUT2D eigenvalue weighted by Crippen LogP contribution is 2.17. The van der Waals surface area contributed by atoms with Crippen molar-refractivity contribution in [2.45, 2.75) is 13.3 Å². The summed E-state index contributed by atoms with van der Waals surface area (Å²) in [6.07, 6.45) is 5.38. The molecule has 0 aromatic heterocycles. The molecule has 0 saturated heterocycles. The highest BCUT2D eigenvalue weighted by molar-refractivity contribution is 9.11. The number of hydrogen-bond donors (Lipinski definition) is 1. The first kappa shape index (κ1) is 8.02. The zero-order valence-corrected chi connectivity index (χ0v) is 7.74. The Hall–Kier alpha value is -0.0800. The predicted octanol–water partition coefficient (Wildman–Crippen LogP) is 2.20. The Bertz CT molecular complexity index is 170. The van der Waals surface area contributed by atoms with Gasteiger partial charge in [0.25, 0.3) is 0 Å². The Labute approximate surface area is 70.3 Å². The van der Waals surface area contributed by atoms with Gasteiger partial charge >= 0.3 is 0 Å². The Morgan fingerprint density at radius 3 is 3.20 bits per heavy atom. The summed E-state index contributed by atoms with van der Waals surface area (Å²) in [5.74, 6) is 0. The first-order valence-corrected chi connectivity index (χ1v) is 4.38. The van der Waals surface area contributed by atoms with Gasteiger partial charge in [-0.1, -0.05) is 35.0 Å². The second-order valence-electron chi connectivity index (χ2n) is 2.34. The molecule has 0 spiro atoms. The van der Waals surface area contributed by atoms with Crippen molar-refractivity contribution in [2.24, 2.45) is 0 Å². The van der Waals surface area contributed by atoms with Crippen LogP contribution in [-0.2, 0) is 0 Å². The molecule has 0 unspecified atom stereocenters. The van der Waals surface area contributed by atoms with E-state index in [1.165, 1.54) is 10.1 Å². The molecule has 10 heavy (non-hydrogen) atoms. The molecule has 1 N–H and O–H groups in total. The molecule has 0 saturated carbocycles. The van der Waals surface area contributed by atoms with Crippen molar-refractivity contribution in [1.29, 1.82) is 0 Å². The number of hydrogen-bond acceptors (Lipinski definition) is 1. The standard InChI is InChI=1S/C8H12BrN/c1-2-7-6-10-5-3-4-8(7)9/h3-4,10H,2,5-6H2,1H3. The van der Waals surface area contributed by atoms with Crippen LogP contribution in [0.5, 0.6) is 0 Å². The van der Waals surface area contributed by atoms with Crippen LogP contribution in [0.15, 0.2) is 22.2 Å². The van der Waals surface area contributed by atoms with Gasteiger partial charge < -0.3 is 5.32 Å². The fourth-order valence-corrected chi connectivity index (χ4v) is 1.57. The molecule has 56 valence electrons. The van der Waals surface area contributed by atoms with Crippen molar-refractivity contribution >= 4 is 15.9 Å². The van der Waals surface area contributed by atoms with Crippen molar-refractivity contribution in [3.8, 4) is 0 Å². The quantitative estimate of drug-likeness (QED) is 0.687. The van der Waals surface area contributed by atoms with E-state index in [4.69, 9.17) is 0 Å². The van der Waals surface area contributed by atoms with Gasteiger partial charge in [0.15, 0.2) is 0 Å². The van der Waals surface area contributed by atoms with E-state index in [1.807, 2.05) is 0 Å². The van der Waals surface area contributed by atoms with Gasteiger partial charge in [-0.05, 0) is 12.0 Å². The highest BCUT2D eigenvalue weighted by atomic mass is 79.9. The zero-order valence-electron chi connectivity index (χ0n) is 6.15. The van der Waals surface area contributed by atoms with Crippen LogP contribution in [0, 0.1) is 0 Å². The molecule has 2 heteroatoms. The van der Waals surface area contributed by atoms with Gasteiger partial charge in [-0.3, -0.25) is 0 Å². The summed E-state index contributed by atoms with van der Waals surface area (Å²) in [6.45, 7) is 4.18. The van der Waals surface area contributed by atoms with Crippen LogP contribution < -0.4 is 5.32 Å². The van der Waals surface area contributed by atoms with Crippen molar-refractivity contribution in [2.75, 3.05) is 13.1 Å². The number of allylic oxidation sites excluding steroid dienone is 2. The molecular weight excluding hydrogens is 190 g/mol. The van der Waals surface area contributed by atoms with Gasteiger partial charge in [0.2, 0.25) is 0 Å². The Balaban J connectivity index is 2.72. The maximum atomic E-state index is 3.52. The molecule has 0 atom stereocenters. The molecule has 1 aliphatic heterocycles. The summed E-state index contributed by atoms with van der Waals surface area (Å²) in [7, 11) is 0. The average molecular weight is 202 g/mol. The van der Waals surface area contributed by atoms with E-state index >= 15 is 0 Å². The number of nitrogens with one attached hydrogen (secondary N) is 1. The van der Waals surface area contributed by atoms with E-state index in [0.29, 0.717) is 0 Å². The summed E-state index contributed by atoms with van der Waals surface area (Å²) in [6, 6.07) is 0. The molecule has 1 rings (SSSR count). The van der Waals surface area contributed by atoms with Crippen molar-refractivity contribution < 1.29 is 0 Å². The Morgan fingerprint density at radius 1 is 1.70 bits per heavy atom. The van der Waals surface area contributed by atoms with E-state index in [-0.39, 0.29) is 0 Å². The van der Waals surface area contributed by atoms with Crippen LogP contribution in [0.4, 0.5) is 0 Å². The Morgan fingerprint density at radius 2 is 2.50 bits per heavy atom. The van der Waals surface area contributed by atoms with Gasteiger partial charge in [0, 0.05) is 17.6 Å². The first-order chi connectivity index (χ1) is 4.84. The second-order valence-corrected chi connectivity index (χ2v) is 3.19. The maximum Gasteiger partial charge on any atom is 0.0181 e. The molecule has 0 fully saturated rings. The Kier molecular flexibility index (Phi) is 3.16. The second kappa shape index (κ2) is 3.94. The third kappa shape index (κ3) is 1.96. The molecule has 0 aromatic carbocycles.